The molecular weight excluding hydrogens is 366 g/mol. The van der Waals surface area contributed by atoms with E-state index in [-0.39, 0.29) is 11.5 Å². The maximum atomic E-state index is 13.4. The van der Waals surface area contributed by atoms with Crippen molar-refractivity contribution in [2.45, 2.75) is 32.6 Å². The maximum Gasteiger partial charge on any atom is 0.228 e. The Labute approximate surface area is 170 Å². The first kappa shape index (κ1) is 20.6. The first-order valence-electron chi connectivity index (χ1n) is 9.87. The number of nitrogens with two attached hydrogens (primary N) is 1. The lowest BCUT2D eigenvalue weighted by molar-refractivity contribution is 0.102. The molecule has 1 heterocycles. The number of phenols is 1. The molecule has 6 nitrogen and oxygen atoms in total. The third kappa shape index (κ3) is 4.32. The van der Waals surface area contributed by atoms with E-state index in [1.165, 1.54) is 0 Å². The Kier molecular flexibility index (Phi) is 6.67. The number of hydrogen-bond donors (Lipinski definition) is 3. The van der Waals surface area contributed by atoms with Crippen LogP contribution in [0.1, 0.15) is 47.1 Å². The standard InChI is InChI=1S/C23H27N3O3/c1-3-17-20(29-2)14-19(15-7-9-16(27)10-8-15)18(6-4-5-11-24)21(17)22(28)23-25-12-13-26-23/h7-10,12-14,27H,3-6,11,24H2,1-2H3,(H,25,26). The van der Waals surface area contributed by atoms with E-state index in [0.29, 0.717) is 36.5 Å². The van der Waals surface area contributed by atoms with Crippen LogP contribution in [0.2, 0.25) is 0 Å². The summed E-state index contributed by atoms with van der Waals surface area (Å²) in [5.41, 5.74) is 10.0. The van der Waals surface area contributed by atoms with Crippen molar-refractivity contribution < 1.29 is 14.6 Å². The Balaban J connectivity index is 2.27. The molecule has 2 aromatic carbocycles. The SMILES string of the molecule is CCc1c(OC)cc(-c2ccc(O)cc2)c(CCCCN)c1C(=O)c1ncc[nH]1. The number of H-pyrrole nitrogens is 1. The number of nitrogens with zero attached hydrogens (tertiary/aromatic N) is 1. The molecule has 0 saturated heterocycles. The number of hydrogen-bond acceptors (Lipinski definition) is 5. The number of rotatable bonds is 9. The maximum absolute atomic E-state index is 13.4. The summed E-state index contributed by atoms with van der Waals surface area (Å²) < 4.78 is 5.66. The number of aromatic nitrogens is 2. The molecule has 0 radical (unpaired) electrons. The fourth-order valence-electron chi connectivity index (χ4n) is 3.66. The second kappa shape index (κ2) is 9.39. The first-order chi connectivity index (χ1) is 14.1. The first-order valence-corrected chi connectivity index (χ1v) is 9.87. The molecule has 0 saturated carbocycles. The Morgan fingerprint density at radius 2 is 1.97 bits per heavy atom. The second-order valence-corrected chi connectivity index (χ2v) is 6.87. The normalized spacial score (nSPS) is 10.9. The summed E-state index contributed by atoms with van der Waals surface area (Å²) in [6.07, 6.45) is 6.34. The van der Waals surface area contributed by atoms with E-state index in [1.807, 2.05) is 25.1 Å². The molecule has 4 N–H and O–H groups in total. The molecule has 3 aromatic rings. The molecule has 29 heavy (non-hydrogen) atoms. The summed E-state index contributed by atoms with van der Waals surface area (Å²) in [6.45, 7) is 2.62. The predicted octanol–water partition coefficient (Wildman–Crippen LogP) is 3.87. The minimum absolute atomic E-state index is 0.145. The highest BCUT2D eigenvalue weighted by Crippen LogP contribution is 2.37. The van der Waals surface area contributed by atoms with Gasteiger partial charge in [0.25, 0.3) is 0 Å². The number of imidazole rings is 1. The average molecular weight is 393 g/mol. The van der Waals surface area contributed by atoms with E-state index in [0.717, 1.165) is 35.1 Å². The Morgan fingerprint density at radius 1 is 1.21 bits per heavy atom. The molecule has 0 spiro atoms. The van der Waals surface area contributed by atoms with E-state index in [9.17, 15) is 9.90 Å². The van der Waals surface area contributed by atoms with E-state index in [4.69, 9.17) is 10.5 Å². The Bertz CT molecular complexity index is 964. The molecule has 6 heteroatoms. The highest BCUT2D eigenvalue weighted by atomic mass is 16.5. The van der Waals surface area contributed by atoms with E-state index < -0.39 is 0 Å². The molecule has 0 fully saturated rings. The van der Waals surface area contributed by atoms with Crippen molar-refractivity contribution >= 4 is 5.78 Å². The van der Waals surface area contributed by atoms with Crippen molar-refractivity contribution in [3.8, 4) is 22.6 Å². The topological polar surface area (TPSA) is 101 Å². The molecule has 1 aromatic heterocycles. The number of carbonyl (C=O) groups excluding carboxylic acids is 1. The highest BCUT2D eigenvalue weighted by molar-refractivity contribution is 6.10. The van der Waals surface area contributed by atoms with Crippen LogP contribution >= 0.6 is 0 Å². The molecule has 0 unspecified atom stereocenters. The van der Waals surface area contributed by atoms with Gasteiger partial charge in [-0.05, 0) is 67.1 Å². The van der Waals surface area contributed by atoms with Gasteiger partial charge in [0.15, 0.2) is 5.82 Å². The van der Waals surface area contributed by atoms with Crippen molar-refractivity contribution in [3.05, 3.63) is 65.2 Å². The predicted molar refractivity (Wildman–Crippen MR) is 113 cm³/mol. The largest absolute Gasteiger partial charge is 0.508 e. The van der Waals surface area contributed by atoms with Crippen LogP contribution < -0.4 is 10.5 Å². The van der Waals surface area contributed by atoms with Crippen LogP contribution in [-0.4, -0.2) is 34.5 Å². The molecule has 0 aliphatic heterocycles. The van der Waals surface area contributed by atoms with Gasteiger partial charge in [-0.15, -0.1) is 0 Å². The smallest absolute Gasteiger partial charge is 0.228 e. The van der Waals surface area contributed by atoms with Crippen molar-refractivity contribution in [3.63, 3.8) is 0 Å². The van der Waals surface area contributed by atoms with Crippen LogP contribution in [-0.2, 0) is 12.8 Å². The number of unbranched alkanes of at least 4 members (excludes halogenated alkanes) is 1. The molecule has 0 aliphatic rings. The Hall–Kier alpha value is -3.12. The zero-order chi connectivity index (χ0) is 20.8. The summed E-state index contributed by atoms with van der Waals surface area (Å²) in [5, 5.41) is 9.69. The van der Waals surface area contributed by atoms with Crippen LogP contribution in [0.5, 0.6) is 11.5 Å². The minimum atomic E-state index is -0.145. The van der Waals surface area contributed by atoms with Crippen molar-refractivity contribution in [2.75, 3.05) is 13.7 Å². The van der Waals surface area contributed by atoms with E-state index >= 15 is 0 Å². The third-order valence-corrected chi connectivity index (χ3v) is 5.07. The number of benzene rings is 2. The lowest BCUT2D eigenvalue weighted by Crippen LogP contribution is -2.14. The van der Waals surface area contributed by atoms with Gasteiger partial charge in [0.05, 0.1) is 7.11 Å². The van der Waals surface area contributed by atoms with Crippen molar-refractivity contribution in [1.82, 2.24) is 9.97 Å². The lowest BCUT2D eigenvalue weighted by atomic mass is 9.85. The van der Waals surface area contributed by atoms with Gasteiger partial charge >= 0.3 is 0 Å². The van der Waals surface area contributed by atoms with Gasteiger partial charge in [0.2, 0.25) is 5.78 Å². The third-order valence-electron chi connectivity index (χ3n) is 5.07. The second-order valence-electron chi connectivity index (χ2n) is 6.87. The highest BCUT2D eigenvalue weighted by Gasteiger charge is 2.25. The van der Waals surface area contributed by atoms with E-state index in [2.05, 4.69) is 9.97 Å². The number of aromatic hydroxyl groups is 1. The lowest BCUT2D eigenvalue weighted by Gasteiger charge is -2.21. The molecule has 152 valence electrons. The fourth-order valence-corrected chi connectivity index (χ4v) is 3.66. The van der Waals surface area contributed by atoms with Crippen molar-refractivity contribution in [2.24, 2.45) is 5.73 Å². The summed E-state index contributed by atoms with van der Waals surface area (Å²) in [6, 6.07) is 8.98. The summed E-state index contributed by atoms with van der Waals surface area (Å²) in [7, 11) is 1.62. The van der Waals surface area contributed by atoms with Gasteiger partial charge in [-0.2, -0.15) is 0 Å². The van der Waals surface area contributed by atoms with Crippen LogP contribution in [0, 0.1) is 0 Å². The van der Waals surface area contributed by atoms with Gasteiger partial charge in [0, 0.05) is 23.5 Å². The molecule has 0 aliphatic carbocycles. The minimum Gasteiger partial charge on any atom is -0.508 e. The van der Waals surface area contributed by atoms with E-state index in [1.54, 1.807) is 31.6 Å². The summed E-state index contributed by atoms with van der Waals surface area (Å²) >= 11 is 0. The molecule has 3 rings (SSSR count). The van der Waals surface area contributed by atoms with Crippen molar-refractivity contribution in [1.29, 1.82) is 0 Å². The monoisotopic (exact) mass is 393 g/mol. The summed E-state index contributed by atoms with van der Waals surface area (Å²) in [4.78, 5) is 20.5. The van der Waals surface area contributed by atoms with Gasteiger partial charge < -0.3 is 20.6 Å². The number of carbonyl (C=O) groups is 1. The average Bonchev–Trinajstić information content (AvgIpc) is 3.28. The fraction of sp³-hybridized carbons (Fsp3) is 0.304. The van der Waals surface area contributed by atoms with Crippen LogP contribution in [0.15, 0.2) is 42.7 Å². The number of ketones is 1. The van der Waals surface area contributed by atoms with Crippen LogP contribution in [0.3, 0.4) is 0 Å². The number of nitrogens with one attached hydrogen (secondary N) is 1. The van der Waals surface area contributed by atoms with Gasteiger partial charge in [-0.1, -0.05) is 19.1 Å². The number of aromatic amines is 1. The van der Waals surface area contributed by atoms with Gasteiger partial charge in [-0.25, -0.2) is 4.98 Å². The zero-order valence-corrected chi connectivity index (χ0v) is 16.9. The van der Waals surface area contributed by atoms with Crippen LogP contribution in [0.25, 0.3) is 11.1 Å². The van der Waals surface area contributed by atoms with Gasteiger partial charge in [0.1, 0.15) is 11.5 Å². The number of phenolic OH excluding ortho intramolecular Hbond substituents is 1. The zero-order valence-electron chi connectivity index (χ0n) is 16.9. The number of methoxy groups -OCH3 is 1. The quantitative estimate of drug-likeness (QED) is 0.378. The molecule has 0 amide bonds. The number of ether oxygens (including phenoxy) is 1. The summed E-state index contributed by atoms with van der Waals surface area (Å²) in [5.74, 6) is 1.04. The molecule has 0 atom stereocenters. The Morgan fingerprint density at radius 3 is 2.55 bits per heavy atom. The molecule has 0 bridgehead atoms. The molecular formula is C23H27N3O3. The van der Waals surface area contributed by atoms with Gasteiger partial charge in [-0.3, -0.25) is 4.79 Å². The van der Waals surface area contributed by atoms with Crippen LogP contribution in [0.4, 0.5) is 0 Å².